The molecule has 4 fully saturated rings. The lowest BCUT2D eigenvalue weighted by molar-refractivity contribution is -0.177. The molecule has 4 aliphatic carbocycles. The maximum Gasteiger partial charge on any atom is 0.309 e. The van der Waals surface area contributed by atoms with Gasteiger partial charge in [-0.25, -0.2) is 0 Å². The average molecular weight is 507 g/mol. The lowest BCUT2D eigenvalue weighted by Gasteiger charge is -2.60. The van der Waals surface area contributed by atoms with Crippen LogP contribution in [0.4, 0.5) is 0 Å². The second-order valence-electron chi connectivity index (χ2n) is 13.3. The molecule has 3 saturated carbocycles. The largest absolute Gasteiger partial charge is 0.465 e. The third-order valence-corrected chi connectivity index (χ3v) is 11.5. The zero-order valence-corrected chi connectivity index (χ0v) is 21.8. The van der Waals surface area contributed by atoms with Crippen molar-refractivity contribution in [1.82, 2.24) is 0 Å². The highest BCUT2D eigenvalue weighted by Crippen LogP contribution is 2.68. The topological polar surface area (TPSA) is 145 Å². The number of ketones is 1. The van der Waals surface area contributed by atoms with E-state index >= 15 is 0 Å². The Bertz CT molecular complexity index is 975. The predicted octanol–water partition coefficient (Wildman–Crippen LogP) is 1.50. The second-order valence-corrected chi connectivity index (χ2v) is 13.3. The van der Waals surface area contributed by atoms with Gasteiger partial charge in [0.15, 0.2) is 5.78 Å². The molecule has 0 bridgehead atoms. The van der Waals surface area contributed by atoms with Crippen LogP contribution in [0.5, 0.6) is 0 Å². The number of cyclic esters (lactones) is 1. The molecule has 36 heavy (non-hydrogen) atoms. The smallest absolute Gasteiger partial charge is 0.309 e. The van der Waals surface area contributed by atoms with E-state index in [2.05, 4.69) is 0 Å². The number of fused-ring (bicyclic) bond motifs is 5. The number of carbonyl (C=O) groups excluding carboxylic acids is 2. The van der Waals surface area contributed by atoms with Crippen LogP contribution in [-0.2, 0) is 14.3 Å². The first kappa shape index (κ1) is 26.3. The Morgan fingerprint density at radius 1 is 1.14 bits per heavy atom. The van der Waals surface area contributed by atoms with Crippen LogP contribution in [-0.4, -0.2) is 73.4 Å². The summed E-state index contributed by atoms with van der Waals surface area (Å²) in [7, 11) is 0. The highest BCUT2D eigenvalue weighted by molar-refractivity contribution is 5.95. The van der Waals surface area contributed by atoms with Crippen LogP contribution in [0.25, 0.3) is 0 Å². The van der Waals surface area contributed by atoms with Gasteiger partial charge in [0.05, 0.1) is 42.0 Å². The molecule has 0 aromatic rings. The zero-order chi connectivity index (χ0) is 26.4. The lowest BCUT2D eigenvalue weighted by Crippen LogP contribution is -2.63. The number of rotatable bonds is 4. The molecule has 0 spiro atoms. The molecule has 12 atom stereocenters. The van der Waals surface area contributed by atoms with E-state index in [1.165, 1.54) is 0 Å². The number of hydrogen-bond donors (Lipinski definition) is 5. The Morgan fingerprint density at radius 3 is 2.47 bits per heavy atom. The van der Waals surface area contributed by atoms with Gasteiger partial charge in [-0.2, -0.15) is 0 Å². The molecule has 202 valence electrons. The quantitative estimate of drug-likeness (QED) is 0.361. The molecule has 8 heteroatoms. The van der Waals surface area contributed by atoms with Crippen molar-refractivity contribution in [3.05, 3.63) is 11.6 Å². The molecule has 0 unspecified atom stereocenters. The summed E-state index contributed by atoms with van der Waals surface area (Å²) in [5, 5.41) is 56.0. The first-order valence-corrected chi connectivity index (χ1v) is 13.6. The molecule has 1 heterocycles. The van der Waals surface area contributed by atoms with E-state index in [1.807, 2.05) is 13.8 Å². The van der Waals surface area contributed by atoms with E-state index in [0.29, 0.717) is 37.7 Å². The highest BCUT2D eigenvalue weighted by Gasteiger charge is 2.69. The fraction of sp³-hybridized carbons (Fsp3) is 0.857. The summed E-state index contributed by atoms with van der Waals surface area (Å²) in [4.78, 5) is 25.1. The van der Waals surface area contributed by atoms with E-state index in [1.54, 1.807) is 19.9 Å². The minimum atomic E-state index is -1.51. The molecule has 1 aliphatic heterocycles. The summed E-state index contributed by atoms with van der Waals surface area (Å²) >= 11 is 0. The predicted molar refractivity (Wildman–Crippen MR) is 129 cm³/mol. The van der Waals surface area contributed by atoms with Gasteiger partial charge in [0, 0.05) is 17.3 Å². The Kier molecular flexibility index (Phi) is 6.09. The first-order valence-electron chi connectivity index (χ1n) is 13.6. The van der Waals surface area contributed by atoms with Crippen LogP contribution >= 0.6 is 0 Å². The normalized spacial score (nSPS) is 50.9. The van der Waals surface area contributed by atoms with Gasteiger partial charge in [-0.1, -0.05) is 20.8 Å². The molecule has 1 saturated heterocycles. The van der Waals surface area contributed by atoms with Gasteiger partial charge in [-0.15, -0.1) is 0 Å². The first-order chi connectivity index (χ1) is 16.7. The zero-order valence-electron chi connectivity index (χ0n) is 21.8. The van der Waals surface area contributed by atoms with E-state index in [9.17, 15) is 35.1 Å². The van der Waals surface area contributed by atoms with Crippen molar-refractivity contribution >= 4 is 11.8 Å². The van der Waals surface area contributed by atoms with Crippen LogP contribution in [0.2, 0.25) is 0 Å². The number of aliphatic hydroxyl groups is 5. The SMILES string of the molecule is C[C@H]1C(=O)OC[C@@H]1C[C@@H](O)[C@](C)(O)[C@H]1CC[C@@]2(O)C3=CC(=O)[C@@H]4C[C@@H](O)[C@@H](O)C[C@]4(C)[C@H]3CC[C@]12C. The third-order valence-electron chi connectivity index (χ3n) is 11.5. The maximum absolute atomic E-state index is 13.3. The van der Waals surface area contributed by atoms with Gasteiger partial charge in [-0.05, 0) is 80.8 Å². The van der Waals surface area contributed by atoms with Gasteiger partial charge in [-0.3, -0.25) is 9.59 Å². The number of ether oxygens (including phenoxy) is 1. The maximum atomic E-state index is 13.3. The van der Waals surface area contributed by atoms with Gasteiger partial charge in [0.25, 0.3) is 0 Å². The summed E-state index contributed by atoms with van der Waals surface area (Å²) in [5.74, 6) is -1.81. The molecule has 0 radical (unpaired) electrons. The van der Waals surface area contributed by atoms with Crippen molar-refractivity contribution in [3.63, 3.8) is 0 Å². The average Bonchev–Trinajstić information content (AvgIpc) is 3.26. The lowest BCUT2D eigenvalue weighted by atomic mass is 9.45. The van der Waals surface area contributed by atoms with Crippen molar-refractivity contribution in [3.8, 4) is 0 Å². The Labute approximate surface area is 212 Å². The Hall–Kier alpha value is -1.32. The molecule has 5 aliphatic rings. The molecule has 0 aromatic heterocycles. The van der Waals surface area contributed by atoms with Crippen molar-refractivity contribution in [2.45, 2.75) is 102 Å². The highest BCUT2D eigenvalue weighted by atomic mass is 16.5. The van der Waals surface area contributed by atoms with Crippen molar-refractivity contribution in [2.75, 3.05) is 6.61 Å². The Balaban J connectivity index is 1.44. The third kappa shape index (κ3) is 3.44. The van der Waals surface area contributed by atoms with E-state index in [-0.39, 0.29) is 49.0 Å². The molecule has 5 N–H and O–H groups in total. The molecule has 5 rings (SSSR count). The molecule has 8 nitrogen and oxygen atoms in total. The standard InChI is InChI=1S/C28H42O8/c1-14-15(13-36-24(14)33)9-23(32)27(4,34)22-6-8-28(35)17-10-19(29)18-11-20(30)21(31)12-25(18,2)16(17)5-7-26(22,28)3/h10,14-16,18,20-23,30-32,34-35H,5-9,11-13H2,1-4H3/t14-,15+,16+,18+,20-,21+,22+,23-,25-,26-,27-,28-/m1/s1. The monoisotopic (exact) mass is 506 g/mol. The van der Waals surface area contributed by atoms with Gasteiger partial charge in [0.2, 0.25) is 0 Å². The summed E-state index contributed by atoms with van der Waals surface area (Å²) in [6.45, 7) is 7.61. The summed E-state index contributed by atoms with van der Waals surface area (Å²) < 4.78 is 5.13. The molecule has 0 aromatic carbocycles. The van der Waals surface area contributed by atoms with Crippen LogP contribution < -0.4 is 0 Å². The molecular formula is C28H42O8. The minimum absolute atomic E-state index is 0.100. The number of hydrogen-bond acceptors (Lipinski definition) is 8. The van der Waals surface area contributed by atoms with Crippen molar-refractivity contribution in [1.29, 1.82) is 0 Å². The Morgan fingerprint density at radius 2 is 1.83 bits per heavy atom. The van der Waals surface area contributed by atoms with Crippen LogP contribution in [0.15, 0.2) is 11.6 Å². The van der Waals surface area contributed by atoms with Gasteiger partial charge < -0.3 is 30.3 Å². The van der Waals surface area contributed by atoms with Crippen LogP contribution in [0.1, 0.15) is 72.6 Å². The summed E-state index contributed by atoms with van der Waals surface area (Å²) in [6.07, 6.45) is 1.60. The van der Waals surface area contributed by atoms with Crippen LogP contribution in [0.3, 0.4) is 0 Å². The van der Waals surface area contributed by atoms with Crippen molar-refractivity contribution in [2.24, 2.45) is 40.4 Å². The fourth-order valence-electron chi connectivity index (χ4n) is 8.99. The summed E-state index contributed by atoms with van der Waals surface area (Å²) in [5.41, 5.74) is -3.44. The molecular weight excluding hydrogens is 464 g/mol. The van der Waals surface area contributed by atoms with Crippen LogP contribution in [0, 0.1) is 40.4 Å². The van der Waals surface area contributed by atoms with E-state index in [4.69, 9.17) is 4.74 Å². The van der Waals surface area contributed by atoms with E-state index in [0.717, 1.165) is 0 Å². The number of aliphatic hydroxyl groups excluding tert-OH is 3. The minimum Gasteiger partial charge on any atom is -0.465 e. The van der Waals surface area contributed by atoms with Gasteiger partial charge in [0.1, 0.15) is 0 Å². The number of carbonyl (C=O) groups is 2. The molecule has 0 amide bonds. The van der Waals surface area contributed by atoms with Gasteiger partial charge >= 0.3 is 5.97 Å². The second kappa shape index (κ2) is 8.34. The van der Waals surface area contributed by atoms with E-state index < -0.39 is 52.2 Å². The summed E-state index contributed by atoms with van der Waals surface area (Å²) in [6, 6.07) is 0. The number of allylic oxidation sites excluding steroid dienone is 1. The van der Waals surface area contributed by atoms with Crippen molar-refractivity contribution < 1.29 is 39.9 Å². The fourth-order valence-corrected chi connectivity index (χ4v) is 8.99. The number of esters is 1.